The Labute approximate surface area is 87.3 Å². The first-order chi connectivity index (χ1) is 6.70. The third kappa shape index (κ3) is 3.56. The smallest absolute Gasteiger partial charge is 0.0610 e. The fraction of sp³-hybridized carbons (Fsp3) is 1.00. The number of piperidine rings is 1. The monoisotopic (exact) mass is 200 g/mol. The van der Waals surface area contributed by atoms with Crippen LogP contribution >= 0.6 is 0 Å². The molecule has 0 bridgehead atoms. The molecular weight excluding hydrogens is 176 g/mol. The molecule has 1 heterocycles. The summed E-state index contributed by atoms with van der Waals surface area (Å²) in [5.74, 6) is 0. The molecule has 0 spiro atoms. The molecule has 0 saturated carbocycles. The van der Waals surface area contributed by atoms with Gasteiger partial charge in [-0.25, -0.2) is 0 Å². The van der Waals surface area contributed by atoms with Crippen molar-refractivity contribution in [2.75, 3.05) is 19.7 Å². The Bertz CT molecular complexity index is 151. The van der Waals surface area contributed by atoms with Crippen LogP contribution < -0.4 is 10.6 Å². The average molecular weight is 200 g/mol. The zero-order valence-electron chi connectivity index (χ0n) is 9.47. The van der Waals surface area contributed by atoms with Crippen LogP contribution in [0.4, 0.5) is 0 Å². The number of aliphatic hydroxyl groups excluding tert-OH is 1. The van der Waals surface area contributed by atoms with Gasteiger partial charge in [0.15, 0.2) is 0 Å². The van der Waals surface area contributed by atoms with Crippen LogP contribution in [-0.2, 0) is 0 Å². The molecule has 0 amide bonds. The number of hydrogen-bond donors (Lipinski definition) is 3. The molecular formula is C11H24N2O. The van der Waals surface area contributed by atoms with E-state index in [2.05, 4.69) is 24.5 Å². The summed E-state index contributed by atoms with van der Waals surface area (Å²) in [6.45, 7) is 6.53. The van der Waals surface area contributed by atoms with Crippen molar-refractivity contribution in [3.05, 3.63) is 0 Å². The first-order valence-corrected chi connectivity index (χ1v) is 5.79. The van der Waals surface area contributed by atoms with Crippen LogP contribution in [0.5, 0.6) is 0 Å². The molecule has 2 atom stereocenters. The van der Waals surface area contributed by atoms with Crippen molar-refractivity contribution < 1.29 is 5.11 Å². The fourth-order valence-corrected chi connectivity index (χ4v) is 1.76. The second kappa shape index (κ2) is 5.69. The molecule has 1 rings (SSSR count). The van der Waals surface area contributed by atoms with Gasteiger partial charge in [-0.2, -0.15) is 0 Å². The van der Waals surface area contributed by atoms with Crippen LogP contribution in [0.15, 0.2) is 0 Å². The minimum absolute atomic E-state index is 0.0981. The Kier molecular flexibility index (Phi) is 4.85. The van der Waals surface area contributed by atoms with E-state index in [0.717, 1.165) is 19.5 Å². The molecule has 3 heteroatoms. The second-order valence-electron chi connectivity index (χ2n) is 4.60. The molecule has 0 aromatic rings. The number of hydrogen-bond acceptors (Lipinski definition) is 3. The van der Waals surface area contributed by atoms with Crippen LogP contribution in [0, 0.1) is 0 Å². The van der Waals surface area contributed by atoms with Crippen molar-refractivity contribution in [3.8, 4) is 0 Å². The molecule has 0 aromatic heterocycles. The van der Waals surface area contributed by atoms with E-state index in [1.165, 1.54) is 19.3 Å². The first-order valence-electron chi connectivity index (χ1n) is 5.79. The molecule has 14 heavy (non-hydrogen) atoms. The van der Waals surface area contributed by atoms with Crippen LogP contribution in [0.1, 0.15) is 39.5 Å². The molecule has 0 aromatic carbocycles. The van der Waals surface area contributed by atoms with E-state index in [9.17, 15) is 5.11 Å². The zero-order valence-corrected chi connectivity index (χ0v) is 9.47. The summed E-state index contributed by atoms with van der Waals surface area (Å²) in [6, 6.07) is 0.598. The summed E-state index contributed by atoms with van der Waals surface area (Å²) >= 11 is 0. The SMILES string of the molecule is CCC(C)(CO)NCC1CCCCN1. The summed E-state index contributed by atoms with van der Waals surface area (Å²) in [5, 5.41) is 16.2. The third-order valence-electron chi connectivity index (χ3n) is 3.32. The van der Waals surface area contributed by atoms with Gasteiger partial charge in [0.25, 0.3) is 0 Å². The predicted octanol–water partition coefficient (Wildman–Crippen LogP) is 0.879. The van der Waals surface area contributed by atoms with Gasteiger partial charge in [0.1, 0.15) is 0 Å². The lowest BCUT2D eigenvalue weighted by Crippen LogP contribution is -2.51. The highest BCUT2D eigenvalue weighted by Gasteiger charge is 2.22. The van der Waals surface area contributed by atoms with Crippen molar-refractivity contribution in [1.82, 2.24) is 10.6 Å². The normalized spacial score (nSPS) is 27.2. The predicted molar refractivity (Wildman–Crippen MR) is 59.4 cm³/mol. The lowest BCUT2D eigenvalue weighted by Gasteiger charge is -2.31. The maximum Gasteiger partial charge on any atom is 0.0610 e. The summed E-state index contributed by atoms with van der Waals surface area (Å²) in [7, 11) is 0. The lowest BCUT2D eigenvalue weighted by atomic mass is 9.98. The van der Waals surface area contributed by atoms with Gasteiger partial charge in [-0.05, 0) is 32.7 Å². The highest BCUT2D eigenvalue weighted by molar-refractivity contribution is 4.84. The van der Waals surface area contributed by atoms with Gasteiger partial charge in [-0.15, -0.1) is 0 Å². The highest BCUT2D eigenvalue weighted by Crippen LogP contribution is 2.10. The minimum atomic E-state index is -0.0981. The molecule has 1 aliphatic rings. The number of rotatable bonds is 5. The van der Waals surface area contributed by atoms with E-state index >= 15 is 0 Å². The van der Waals surface area contributed by atoms with Crippen LogP contribution in [-0.4, -0.2) is 36.4 Å². The Balaban J connectivity index is 2.23. The summed E-state index contributed by atoms with van der Waals surface area (Å²) in [6.07, 6.45) is 4.87. The molecule has 1 saturated heterocycles. The van der Waals surface area contributed by atoms with E-state index in [1.54, 1.807) is 0 Å². The molecule has 1 fully saturated rings. The fourth-order valence-electron chi connectivity index (χ4n) is 1.76. The zero-order chi connectivity index (χ0) is 10.4. The molecule has 1 aliphatic heterocycles. The van der Waals surface area contributed by atoms with E-state index in [4.69, 9.17) is 0 Å². The summed E-state index contributed by atoms with van der Waals surface area (Å²) < 4.78 is 0. The van der Waals surface area contributed by atoms with E-state index in [0.29, 0.717) is 6.04 Å². The van der Waals surface area contributed by atoms with Gasteiger partial charge in [-0.1, -0.05) is 13.3 Å². The van der Waals surface area contributed by atoms with Gasteiger partial charge >= 0.3 is 0 Å². The van der Waals surface area contributed by atoms with Crippen molar-refractivity contribution >= 4 is 0 Å². The topological polar surface area (TPSA) is 44.3 Å². The minimum Gasteiger partial charge on any atom is -0.394 e. The van der Waals surface area contributed by atoms with Crippen LogP contribution in [0.25, 0.3) is 0 Å². The Hall–Kier alpha value is -0.120. The third-order valence-corrected chi connectivity index (χ3v) is 3.32. The maximum absolute atomic E-state index is 9.23. The Morgan fingerprint density at radius 2 is 2.29 bits per heavy atom. The van der Waals surface area contributed by atoms with Crippen molar-refractivity contribution in [1.29, 1.82) is 0 Å². The Morgan fingerprint density at radius 1 is 1.50 bits per heavy atom. The standard InChI is InChI=1S/C11H24N2O/c1-3-11(2,9-14)13-8-10-6-4-5-7-12-10/h10,12-14H,3-9H2,1-2H3. The van der Waals surface area contributed by atoms with Gasteiger partial charge in [-0.3, -0.25) is 0 Å². The van der Waals surface area contributed by atoms with Gasteiger partial charge < -0.3 is 15.7 Å². The van der Waals surface area contributed by atoms with Gasteiger partial charge in [0.2, 0.25) is 0 Å². The van der Waals surface area contributed by atoms with Crippen molar-refractivity contribution in [3.63, 3.8) is 0 Å². The van der Waals surface area contributed by atoms with Crippen LogP contribution in [0.2, 0.25) is 0 Å². The molecule has 3 nitrogen and oxygen atoms in total. The average Bonchev–Trinajstić information content (AvgIpc) is 2.27. The van der Waals surface area contributed by atoms with Crippen molar-refractivity contribution in [2.24, 2.45) is 0 Å². The highest BCUT2D eigenvalue weighted by atomic mass is 16.3. The van der Waals surface area contributed by atoms with Crippen LogP contribution in [0.3, 0.4) is 0 Å². The Morgan fingerprint density at radius 3 is 2.79 bits per heavy atom. The van der Waals surface area contributed by atoms with E-state index in [1.807, 2.05) is 0 Å². The summed E-state index contributed by atoms with van der Waals surface area (Å²) in [4.78, 5) is 0. The second-order valence-corrected chi connectivity index (χ2v) is 4.60. The van der Waals surface area contributed by atoms with E-state index in [-0.39, 0.29) is 12.1 Å². The van der Waals surface area contributed by atoms with E-state index < -0.39 is 0 Å². The summed E-state index contributed by atoms with van der Waals surface area (Å²) in [5.41, 5.74) is -0.0981. The lowest BCUT2D eigenvalue weighted by molar-refractivity contribution is 0.164. The molecule has 0 radical (unpaired) electrons. The molecule has 3 N–H and O–H groups in total. The largest absolute Gasteiger partial charge is 0.394 e. The molecule has 0 aliphatic carbocycles. The molecule has 2 unspecified atom stereocenters. The first kappa shape index (κ1) is 12.0. The number of nitrogens with one attached hydrogen (secondary N) is 2. The maximum atomic E-state index is 9.23. The molecule has 84 valence electrons. The quantitative estimate of drug-likeness (QED) is 0.617. The van der Waals surface area contributed by atoms with Crippen molar-refractivity contribution in [2.45, 2.75) is 51.1 Å². The number of aliphatic hydroxyl groups is 1. The van der Waals surface area contributed by atoms with Gasteiger partial charge in [0, 0.05) is 18.1 Å². The van der Waals surface area contributed by atoms with Gasteiger partial charge in [0.05, 0.1) is 6.61 Å².